The zero-order valence-corrected chi connectivity index (χ0v) is 27.6. The highest BCUT2D eigenvalue weighted by atomic mass is 32.2. The van der Waals surface area contributed by atoms with E-state index < -0.39 is 57.8 Å². The Kier molecular flexibility index (Phi) is 14.0. The van der Waals surface area contributed by atoms with Gasteiger partial charge in [-0.15, -0.1) is 0 Å². The number of amides is 3. The van der Waals surface area contributed by atoms with E-state index in [0.717, 1.165) is 4.31 Å². The van der Waals surface area contributed by atoms with Gasteiger partial charge < -0.3 is 26.2 Å². The highest BCUT2D eigenvalue weighted by Gasteiger charge is 2.28. The third-order valence-corrected chi connectivity index (χ3v) is 9.29. The minimum absolute atomic E-state index is 0.0196. The van der Waals surface area contributed by atoms with Crippen LogP contribution in [0.4, 0.5) is 5.69 Å². The van der Waals surface area contributed by atoms with Gasteiger partial charge in [-0.3, -0.25) is 18.7 Å². The van der Waals surface area contributed by atoms with Crippen LogP contribution in [0.5, 0.6) is 0 Å². The van der Waals surface area contributed by atoms with Crippen molar-refractivity contribution >= 4 is 39.4 Å². The summed E-state index contributed by atoms with van der Waals surface area (Å²) in [4.78, 5) is 49.6. The molecule has 0 aliphatic rings. The molecule has 0 fully saturated rings. The fraction of sp³-hybridized carbons (Fsp3) is 0.500. The molecule has 0 aliphatic heterocycles. The Morgan fingerprint density at radius 2 is 1.53 bits per heavy atom. The predicted molar refractivity (Wildman–Crippen MR) is 172 cm³/mol. The highest BCUT2D eigenvalue weighted by molar-refractivity contribution is 7.92. The zero-order valence-electron chi connectivity index (χ0n) is 26.7. The first-order valence-corrected chi connectivity index (χ1v) is 16.6. The maximum atomic E-state index is 13.2. The molecule has 45 heavy (non-hydrogen) atoms. The van der Waals surface area contributed by atoms with Crippen molar-refractivity contribution < 1.29 is 37.8 Å². The summed E-state index contributed by atoms with van der Waals surface area (Å²) >= 11 is 0. The molecule has 5 N–H and O–H groups in total. The van der Waals surface area contributed by atoms with Gasteiger partial charge in [0.2, 0.25) is 21.8 Å². The average Bonchev–Trinajstić information content (AvgIpc) is 2.98. The lowest BCUT2D eigenvalue weighted by Crippen LogP contribution is -2.48. The topological polar surface area (TPSA) is 182 Å². The van der Waals surface area contributed by atoms with Gasteiger partial charge in [-0.25, -0.2) is 13.2 Å². The van der Waals surface area contributed by atoms with Crippen molar-refractivity contribution in [3.8, 4) is 0 Å². The molecule has 2 aromatic carbocycles. The lowest BCUT2D eigenvalue weighted by atomic mass is 9.92. The van der Waals surface area contributed by atoms with E-state index in [9.17, 15) is 32.7 Å². The molecule has 0 bridgehead atoms. The van der Waals surface area contributed by atoms with Gasteiger partial charge in [-0.1, -0.05) is 45.9 Å². The van der Waals surface area contributed by atoms with Gasteiger partial charge in [0.25, 0.3) is 5.91 Å². The smallest absolute Gasteiger partial charge is 0.335 e. The van der Waals surface area contributed by atoms with Gasteiger partial charge in [0.1, 0.15) is 6.04 Å². The van der Waals surface area contributed by atoms with Crippen LogP contribution in [0.15, 0.2) is 48.5 Å². The number of anilines is 1. The molecule has 13 heteroatoms. The number of carbonyl (C=O) groups is 4. The number of carbonyl (C=O) groups excluding carboxylic acids is 3. The van der Waals surface area contributed by atoms with Gasteiger partial charge in [-0.05, 0) is 68.0 Å². The maximum absolute atomic E-state index is 13.2. The second-order valence-corrected chi connectivity index (χ2v) is 13.8. The van der Waals surface area contributed by atoms with Crippen LogP contribution in [0.25, 0.3) is 0 Å². The van der Waals surface area contributed by atoms with Crippen LogP contribution in [0.2, 0.25) is 0 Å². The van der Waals surface area contributed by atoms with E-state index in [1.165, 1.54) is 32.2 Å². The van der Waals surface area contributed by atoms with Crippen LogP contribution < -0.4 is 20.3 Å². The number of nitrogens with one attached hydrogen (secondary N) is 3. The van der Waals surface area contributed by atoms with E-state index in [4.69, 9.17) is 5.11 Å². The van der Waals surface area contributed by atoms with Crippen molar-refractivity contribution in [2.75, 3.05) is 17.1 Å². The van der Waals surface area contributed by atoms with E-state index in [1.807, 2.05) is 13.8 Å². The first kappa shape index (κ1) is 37.2. The fourth-order valence-electron chi connectivity index (χ4n) is 4.63. The van der Waals surface area contributed by atoms with Crippen molar-refractivity contribution in [2.45, 2.75) is 78.6 Å². The lowest BCUT2D eigenvalue weighted by molar-refractivity contribution is -0.131. The number of nitrogens with zero attached hydrogens (tertiary/aromatic N) is 1. The zero-order chi connectivity index (χ0) is 33.9. The third-order valence-electron chi connectivity index (χ3n) is 7.32. The predicted octanol–water partition coefficient (Wildman–Crippen LogP) is 2.91. The van der Waals surface area contributed by atoms with Crippen LogP contribution in [0.3, 0.4) is 0 Å². The molecular weight excluding hydrogens is 600 g/mol. The Bertz CT molecular complexity index is 1430. The summed E-state index contributed by atoms with van der Waals surface area (Å²) in [5.41, 5.74) is 1.41. The van der Waals surface area contributed by atoms with Crippen molar-refractivity contribution in [2.24, 2.45) is 11.8 Å². The van der Waals surface area contributed by atoms with Crippen molar-refractivity contribution in [3.05, 3.63) is 65.2 Å². The molecule has 0 spiro atoms. The number of aliphatic hydroxyl groups excluding tert-OH is 1. The molecule has 4 atom stereocenters. The molecule has 0 radical (unpaired) electrons. The largest absolute Gasteiger partial charge is 0.478 e. The number of rotatable bonds is 17. The molecule has 0 saturated heterocycles. The summed E-state index contributed by atoms with van der Waals surface area (Å²) in [7, 11) is -2.10. The van der Waals surface area contributed by atoms with E-state index in [1.54, 1.807) is 44.2 Å². The van der Waals surface area contributed by atoms with Crippen molar-refractivity contribution in [1.82, 2.24) is 16.0 Å². The quantitative estimate of drug-likeness (QED) is 0.174. The molecule has 0 heterocycles. The second-order valence-electron chi connectivity index (χ2n) is 11.7. The van der Waals surface area contributed by atoms with Gasteiger partial charge in [0.05, 0.1) is 29.1 Å². The van der Waals surface area contributed by atoms with Crippen LogP contribution in [-0.4, -0.2) is 73.3 Å². The number of aliphatic hydroxyl groups is 1. The molecule has 0 aliphatic carbocycles. The van der Waals surface area contributed by atoms with Gasteiger partial charge in [0, 0.05) is 25.1 Å². The van der Waals surface area contributed by atoms with E-state index in [0.29, 0.717) is 24.1 Å². The number of sulfonamides is 1. The molecule has 248 valence electrons. The average molecular weight is 647 g/mol. The summed E-state index contributed by atoms with van der Waals surface area (Å²) in [6.07, 6.45) is -0.175. The minimum Gasteiger partial charge on any atom is -0.478 e. The summed E-state index contributed by atoms with van der Waals surface area (Å²) < 4.78 is 26.2. The monoisotopic (exact) mass is 646 g/mol. The van der Waals surface area contributed by atoms with E-state index in [2.05, 4.69) is 16.0 Å². The minimum atomic E-state index is -3.53. The van der Waals surface area contributed by atoms with Crippen LogP contribution in [0.1, 0.15) is 80.2 Å². The van der Waals surface area contributed by atoms with Gasteiger partial charge in [-0.2, -0.15) is 0 Å². The highest BCUT2D eigenvalue weighted by Crippen LogP contribution is 2.20. The van der Waals surface area contributed by atoms with Crippen LogP contribution >= 0.6 is 0 Å². The number of carboxylic acid groups (broad SMARTS) is 1. The molecule has 2 rings (SSSR count). The molecule has 0 aromatic heterocycles. The first-order valence-electron chi connectivity index (χ1n) is 15.0. The summed E-state index contributed by atoms with van der Waals surface area (Å²) in [6.45, 7) is 8.96. The maximum Gasteiger partial charge on any atom is 0.335 e. The summed E-state index contributed by atoms with van der Waals surface area (Å²) in [6, 6.07) is 10.7. The van der Waals surface area contributed by atoms with Crippen LogP contribution in [-0.2, 0) is 26.2 Å². The second kappa shape index (κ2) is 16.9. The molecule has 3 amide bonds. The number of aromatic carboxylic acids is 1. The Morgan fingerprint density at radius 1 is 0.889 bits per heavy atom. The normalized spacial score (nSPS) is 14.1. The summed E-state index contributed by atoms with van der Waals surface area (Å²) in [5, 5.41) is 28.3. The lowest BCUT2D eigenvalue weighted by Gasteiger charge is -2.28. The van der Waals surface area contributed by atoms with Crippen molar-refractivity contribution in [3.63, 3.8) is 0 Å². The number of hydrogen-bond acceptors (Lipinski definition) is 7. The molecular formula is C32H46N4O8S. The SMILES string of the molecule is CCCS(=O)(=O)N(C)c1cccc(C(=O)N[C@@H](CC(C)C)[C@@H](O)C[C@@H](C)C(=O)N[C@@H](C)C(=O)NCc2ccc(C(=O)O)cc2)c1. The molecule has 0 saturated carbocycles. The molecule has 2 aromatic rings. The summed E-state index contributed by atoms with van der Waals surface area (Å²) in [5.74, 6) is -3.01. The number of hydrogen-bond donors (Lipinski definition) is 5. The number of benzene rings is 2. The van der Waals surface area contributed by atoms with E-state index in [-0.39, 0.29) is 35.8 Å². The Labute approximate surface area is 265 Å². The van der Waals surface area contributed by atoms with Crippen LogP contribution in [0, 0.1) is 11.8 Å². The Morgan fingerprint density at radius 3 is 2.11 bits per heavy atom. The number of carboxylic acids is 1. The van der Waals surface area contributed by atoms with Gasteiger partial charge >= 0.3 is 5.97 Å². The first-order chi connectivity index (χ1) is 21.0. The van der Waals surface area contributed by atoms with Crippen molar-refractivity contribution in [1.29, 1.82) is 0 Å². The standard InChI is InChI=1S/C32H46N4O8S/c1-7-15-45(43,44)36(6)26-10-8-9-25(18-26)31(40)35-27(16-20(2)3)28(37)17-21(4)29(38)34-22(5)30(39)33-19-23-11-13-24(14-12-23)32(41)42/h8-14,18,20-22,27-28,37H,7,15-17,19H2,1-6H3,(H,33,39)(H,34,38)(H,35,40)(H,41,42)/t21-,22+,27+,28+/m1/s1. The fourth-order valence-corrected chi connectivity index (χ4v) is 5.86. The molecule has 12 nitrogen and oxygen atoms in total. The van der Waals surface area contributed by atoms with Gasteiger partial charge in [0.15, 0.2) is 0 Å². The van der Waals surface area contributed by atoms with E-state index >= 15 is 0 Å². The Hall–Kier alpha value is -3.97. The third kappa shape index (κ3) is 11.5. The Balaban J connectivity index is 2.00. The molecule has 0 unspecified atom stereocenters.